The summed E-state index contributed by atoms with van der Waals surface area (Å²) in [5.74, 6) is 0.774. The highest BCUT2D eigenvalue weighted by atomic mass is 16.3. The summed E-state index contributed by atoms with van der Waals surface area (Å²) < 4.78 is 7.06. The van der Waals surface area contributed by atoms with Gasteiger partial charge >= 0.3 is 0 Å². The lowest BCUT2D eigenvalue weighted by Crippen LogP contribution is -2.35. The minimum Gasteiger partial charge on any atom is -0.472 e. The average Bonchev–Trinajstić information content (AvgIpc) is 3.29. The number of hydrogen-bond acceptors (Lipinski definition) is 6. The third-order valence-electron chi connectivity index (χ3n) is 4.02. The molecule has 0 unspecified atom stereocenters. The highest BCUT2D eigenvalue weighted by molar-refractivity contribution is 5.58. The smallest absolute Gasteiger partial charge is 0.225 e. The Balaban J connectivity index is 1.48. The van der Waals surface area contributed by atoms with E-state index in [1.165, 1.54) is 0 Å². The monoisotopic (exact) mass is 296 g/mol. The molecule has 4 rings (SSSR count). The van der Waals surface area contributed by atoms with Gasteiger partial charge in [0.05, 0.1) is 24.3 Å². The molecule has 7 heteroatoms. The predicted octanol–water partition coefficient (Wildman–Crippen LogP) is 2.17. The van der Waals surface area contributed by atoms with Crippen LogP contribution in [0.25, 0.3) is 11.3 Å². The standard InChI is InChI=1S/C15H16N6O/c1-5-17-15(19-14(1)12-4-8-22-9-12)20-6-2-13(3-7-20)21-11-16-10-18-21/h1,4-5,8-11,13H,2-3,6-7H2. The highest BCUT2D eigenvalue weighted by Gasteiger charge is 2.22. The van der Waals surface area contributed by atoms with E-state index in [0.29, 0.717) is 6.04 Å². The van der Waals surface area contributed by atoms with E-state index in [4.69, 9.17) is 4.42 Å². The van der Waals surface area contributed by atoms with Gasteiger partial charge in [0.15, 0.2) is 0 Å². The second kappa shape index (κ2) is 5.59. The molecule has 3 aromatic rings. The summed E-state index contributed by atoms with van der Waals surface area (Å²) in [6.07, 6.45) is 10.6. The van der Waals surface area contributed by atoms with E-state index in [1.54, 1.807) is 31.4 Å². The fourth-order valence-corrected chi connectivity index (χ4v) is 2.81. The molecule has 112 valence electrons. The van der Waals surface area contributed by atoms with Crippen LogP contribution in [0.2, 0.25) is 0 Å². The van der Waals surface area contributed by atoms with Crippen molar-refractivity contribution < 1.29 is 4.42 Å². The van der Waals surface area contributed by atoms with Gasteiger partial charge in [0.25, 0.3) is 0 Å². The lowest BCUT2D eigenvalue weighted by Gasteiger charge is -2.31. The van der Waals surface area contributed by atoms with Crippen LogP contribution in [0, 0.1) is 0 Å². The zero-order valence-electron chi connectivity index (χ0n) is 12.0. The molecule has 3 aromatic heterocycles. The quantitative estimate of drug-likeness (QED) is 0.737. The van der Waals surface area contributed by atoms with Crippen molar-refractivity contribution in [1.29, 1.82) is 0 Å². The van der Waals surface area contributed by atoms with Crippen LogP contribution in [-0.2, 0) is 0 Å². The maximum atomic E-state index is 5.12. The van der Waals surface area contributed by atoms with E-state index >= 15 is 0 Å². The molecule has 1 fully saturated rings. The first-order chi connectivity index (χ1) is 10.9. The fraction of sp³-hybridized carbons (Fsp3) is 0.333. The number of aromatic nitrogens is 5. The first kappa shape index (κ1) is 13.0. The van der Waals surface area contributed by atoms with E-state index in [1.807, 2.05) is 16.8 Å². The summed E-state index contributed by atoms with van der Waals surface area (Å²) in [5, 5.41) is 4.23. The van der Waals surface area contributed by atoms with Gasteiger partial charge in [-0.05, 0) is 25.0 Å². The Kier molecular flexibility index (Phi) is 3.30. The Morgan fingerprint density at radius 2 is 2.09 bits per heavy atom. The first-order valence-electron chi connectivity index (χ1n) is 7.35. The fourth-order valence-electron chi connectivity index (χ4n) is 2.81. The van der Waals surface area contributed by atoms with Gasteiger partial charge in [-0.1, -0.05) is 0 Å². The zero-order valence-corrected chi connectivity index (χ0v) is 12.0. The molecule has 1 saturated heterocycles. The van der Waals surface area contributed by atoms with Crippen molar-refractivity contribution >= 4 is 5.95 Å². The Labute approximate surface area is 127 Å². The molecule has 0 bridgehead atoms. The number of nitrogens with zero attached hydrogens (tertiary/aromatic N) is 6. The van der Waals surface area contributed by atoms with Crippen molar-refractivity contribution in [1.82, 2.24) is 24.7 Å². The van der Waals surface area contributed by atoms with E-state index in [-0.39, 0.29) is 0 Å². The van der Waals surface area contributed by atoms with Crippen LogP contribution in [0.4, 0.5) is 5.95 Å². The van der Waals surface area contributed by atoms with Crippen molar-refractivity contribution in [3.63, 3.8) is 0 Å². The van der Waals surface area contributed by atoms with Crippen LogP contribution in [-0.4, -0.2) is 37.8 Å². The van der Waals surface area contributed by atoms with Crippen molar-refractivity contribution in [2.75, 3.05) is 18.0 Å². The van der Waals surface area contributed by atoms with Gasteiger partial charge < -0.3 is 9.32 Å². The third kappa shape index (κ3) is 2.45. The van der Waals surface area contributed by atoms with Crippen LogP contribution in [0.15, 0.2) is 47.9 Å². The number of piperidine rings is 1. The van der Waals surface area contributed by atoms with E-state index in [2.05, 4.69) is 25.0 Å². The summed E-state index contributed by atoms with van der Waals surface area (Å²) >= 11 is 0. The number of rotatable bonds is 3. The molecule has 1 aliphatic rings. The van der Waals surface area contributed by atoms with Gasteiger partial charge in [0.1, 0.15) is 12.7 Å². The van der Waals surface area contributed by atoms with E-state index < -0.39 is 0 Å². The molecule has 0 radical (unpaired) electrons. The Morgan fingerprint density at radius 1 is 1.18 bits per heavy atom. The van der Waals surface area contributed by atoms with E-state index in [0.717, 1.165) is 43.1 Å². The Hall–Kier alpha value is -2.70. The molecule has 0 spiro atoms. The molecule has 0 N–H and O–H groups in total. The minimum atomic E-state index is 0.413. The molecule has 4 heterocycles. The lowest BCUT2D eigenvalue weighted by atomic mass is 10.1. The van der Waals surface area contributed by atoms with Crippen LogP contribution in [0.3, 0.4) is 0 Å². The second-order valence-corrected chi connectivity index (χ2v) is 5.35. The molecule has 1 aliphatic heterocycles. The largest absolute Gasteiger partial charge is 0.472 e. The van der Waals surface area contributed by atoms with Crippen molar-refractivity contribution in [2.45, 2.75) is 18.9 Å². The average molecular weight is 296 g/mol. The van der Waals surface area contributed by atoms with Crippen LogP contribution in [0.1, 0.15) is 18.9 Å². The summed E-state index contributed by atoms with van der Waals surface area (Å²) in [5.41, 5.74) is 1.86. The second-order valence-electron chi connectivity index (χ2n) is 5.35. The van der Waals surface area contributed by atoms with Crippen molar-refractivity contribution in [3.8, 4) is 11.3 Å². The molecule has 0 aromatic carbocycles. The molecule has 0 atom stereocenters. The summed E-state index contributed by atoms with van der Waals surface area (Å²) in [6, 6.07) is 4.22. The van der Waals surface area contributed by atoms with Crippen LogP contribution < -0.4 is 4.90 Å². The van der Waals surface area contributed by atoms with Gasteiger partial charge in [-0.15, -0.1) is 0 Å². The molecule has 0 amide bonds. The zero-order chi connectivity index (χ0) is 14.8. The summed E-state index contributed by atoms with van der Waals surface area (Å²) in [6.45, 7) is 1.83. The topological polar surface area (TPSA) is 72.9 Å². The first-order valence-corrected chi connectivity index (χ1v) is 7.35. The normalized spacial score (nSPS) is 16.1. The minimum absolute atomic E-state index is 0.413. The lowest BCUT2D eigenvalue weighted by molar-refractivity contribution is 0.364. The Morgan fingerprint density at radius 3 is 2.82 bits per heavy atom. The SMILES string of the molecule is c1cc(-c2ccoc2)nc(N2CCC(n3cncn3)CC2)n1. The van der Waals surface area contributed by atoms with Gasteiger partial charge in [0, 0.05) is 24.8 Å². The van der Waals surface area contributed by atoms with E-state index in [9.17, 15) is 0 Å². The summed E-state index contributed by atoms with van der Waals surface area (Å²) in [7, 11) is 0. The van der Waals surface area contributed by atoms with Gasteiger partial charge in [-0.25, -0.2) is 19.6 Å². The van der Waals surface area contributed by atoms with Crippen molar-refractivity contribution in [3.05, 3.63) is 43.5 Å². The Bertz CT molecular complexity index is 716. The van der Waals surface area contributed by atoms with Crippen molar-refractivity contribution in [2.24, 2.45) is 0 Å². The molecular weight excluding hydrogens is 280 g/mol. The van der Waals surface area contributed by atoms with Gasteiger partial charge in [0.2, 0.25) is 5.95 Å². The van der Waals surface area contributed by atoms with Gasteiger partial charge in [-0.2, -0.15) is 5.10 Å². The number of hydrogen-bond donors (Lipinski definition) is 0. The maximum Gasteiger partial charge on any atom is 0.225 e. The molecule has 0 saturated carbocycles. The molecule has 7 nitrogen and oxygen atoms in total. The molecule has 22 heavy (non-hydrogen) atoms. The molecular formula is C15H16N6O. The molecule has 0 aliphatic carbocycles. The van der Waals surface area contributed by atoms with Crippen LogP contribution >= 0.6 is 0 Å². The number of furan rings is 1. The summed E-state index contributed by atoms with van der Waals surface area (Å²) in [4.78, 5) is 15.3. The highest BCUT2D eigenvalue weighted by Crippen LogP contribution is 2.25. The third-order valence-corrected chi connectivity index (χ3v) is 4.02. The number of anilines is 1. The van der Waals surface area contributed by atoms with Gasteiger partial charge in [-0.3, -0.25) is 0 Å². The van der Waals surface area contributed by atoms with Crippen LogP contribution in [0.5, 0.6) is 0 Å². The maximum absolute atomic E-state index is 5.12. The predicted molar refractivity (Wildman–Crippen MR) is 80.2 cm³/mol.